The molecule has 0 saturated heterocycles. The third kappa shape index (κ3) is 4.51. The van der Waals surface area contributed by atoms with E-state index in [1.54, 1.807) is 23.3 Å². The quantitative estimate of drug-likeness (QED) is 0.703. The predicted molar refractivity (Wildman–Crippen MR) is 67.2 cm³/mol. The normalized spacial score (nSPS) is 10.4. The molecule has 0 bridgehead atoms. The van der Waals surface area contributed by atoms with Gasteiger partial charge in [0.2, 0.25) is 5.91 Å². The molecule has 1 aromatic heterocycles. The van der Waals surface area contributed by atoms with Crippen molar-refractivity contribution in [1.29, 1.82) is 0 Å². The van der Waals surface area contributed by atoms with E-state index in [4.69, 9.17) is 16.3 Å². The van der Waals surface area contributed by atoms with Crippen LogP contribution in [0.3, 0.4) is 0 Å². The van der Waals surface area contributed by atoms with Crippen molar-refractivity contribution in [3.63, 3.8) is 0 Å². The summed E-state index contributed by atoms with van der Waals surface area (Å²) in [6.07, 6.45) is 0.449. The van der Waals surface area contributed by atoms with Crippen LogP contribution in [0.5, 0.6) is 0 Å². The molecule has 0 N–H and O–H groups in total. The summed E-state index contributed by atoms with van der Waals surface area (Å²) in [4.78, 5) is 13.7. The largest absolute Gasteiger partial charge is 0.383 e. The number of halogens is 1. The van der Waals surface area contributed by atoms with Crippen molar-refractivity contribution in [2.75, 3.05) is 32.7 Å². The number of hydrogen-bond donors (Lipinski definition) is 0. The van der Waals surface area contributed by atoms with Gasteiger partial charge in [0.1, 0.15) is 0 Å². The molecule has 0 aliphatic carbocycles. The molecule has 90 valence electrons. The monoisotopic (exact) mass is 261 g/mol. The van der Waals surface area contributed by atoms with E-state index in [1.807, 2.05) is 16.8 Å². The molecule has 0 aromatic carbocycles. The first-order valence-electron chi connectivity index (χ1n) is 5.11. The zero-order valence-corrected chi connectivity index (χ0v) is 10.9. The van der Waals surface area contributed by atoms with Gasteiger partial charge >= 0.3 is 0 Å². The number of alkyl halides is 1. The molecule has 0 spiro atoms. The second-order valence-corrected chi connectivity index (χ2v) is 4.53. The van der Waals surface area contributed by atoms with Gasteiger partial charge in [0.25, 0.3) is 0 Å². The van der Waals surface area contributed by atoms with Gasteiger partial charge in [-0.25, -0.2) is 0 Å². The lowest BCUT2D eigenvalue weighted by Gasteiger charge is -2.21. The highest BCUT2D eigenvalue weighted by molar-refractivity contribution is 7.07. The number of ether oxygens (including phenoxy) is 1. The van der Waals surface area contributed by atoms with Crippen LogP contribution in [0.2, 0.25) is 0 Å². The lowest BCUT2D eigenvalue weighted by molar-refractivity contribution is -0.130. The van der Waals surface area contributed by atoms with Crippen LogP contribution in [-0.4, -0.2) is 43.5 Å². The van der Waals surface area contributed by atoms with Crippen molar-refractivity contribution < 1.29 is 9.53 Å². The summed E-state index contributed by atoms with van der Waals surface area (Å²) in [5.74, 6) is 0.565. The number of nitrogens with zero attached hydrogens (tertiary/aromatic N) is 1. The SMILES string of the molecule is COCCN(CCCl)C(=O)Cc1ccsc1. The molecule has 0 atom stereocenters. The topological polar surface area (TPSA) is 29.5 Å². The van der Waals surface area contributed by atoms with Crippen molar-refractivity contribution in [3.8, 4) is 0 Å². The van der Waals surface area contributed by atoms with Gasteiger partial charge in [0.05, 0.1) is 13.0 Å². The molecule has 0 radical (unpaired) electrons. The third-order valence-corrected chi connectivity index (χ3v) is 3.11. The Kier molecular flexibility index (Phi) is 6.45. The number of rotatable bonds is 7. The van der Waals surface area contributed by atoms with E-state index < -0.39 is 0 Å². The molecule has 0 unspecified atom stereocenters. The van der Waals surface area contributed by atoms with E-state index >= 15 is 0 Å². The van der Waals surface area contributed by atoms with Gasteiger partial charge in [-0.05, 0) is 22.4 Å². The van der Waals surface area contributed by atoms with Crippen LogP contribution in [0.4, 0.5) is 0 Å². The Bertz CT molecular complexity index is 303. The molecule has 0 aliphatic rings. The van der Waals surface area contributed by atoms with Gasteiger partial charge in [0, 0.05) is 26.1 Å². The number of amides is 1. The maximum Gasteiger partial charge on any atom is 0.227 e. The number of carbonyl (C=O) groups excluding carboxylic acids is 1. The van der Waals surface area contributed by atoms with E-state index in [0.29, 0.717) is 32.0 Å². The van der Waals surface area contributed by atoms with Crippen LogP contribution in [0.15, 0.2) is 16.8 Å². The van der Waals surface area contributed by atoms with Crippen molar-refractivity contribution in [1.82, 2.24) is 4.90 Å². The smallest absolute Gasteiger partial charge is 0.227 e. The Morgan fingerprint density at radius 2 is 2.38 bits per heavy atom. The summed E-state index contributed by atoms with van der Waals surface area (Å²) in [5, 5.41) is 3.97. The minimum atomic E-state index is 0.108. The molecule has 1 aromatic rings. The Morgan fingerprint density at radius 3 is 2.94 bits per heavy atom. The van der Waals surface area contributed by atoms with Crippen molar-refractivity contribution in [2.45, 2.75) is 6.42 Å². The summed E-state index contributed by atoms with van der Waals surface area (Å²) < 4.78 is 4.97. The fourth-order valence-corrected chi connectivity index (χ4v) is 2.22. The van der Waals surface area contributed by atoms with Gasteiger partial charge < -0.3 is 9.64 Å². The fourth-order valence-electron chi connectivity index (χ4n) is 1.34. The lowest BCUT2D eigenvalue weighted by Crippen LogP contribution is -2.36. The summed E-state index contributed by atoms with van der Waals surface area (Å²) >= 11 is 7.27. The maximum atomic E-state index is 11.9. The predicted octanol–water partition coefficient (Wildman–Crippen LogP) is 2.00. The summed E-state index contributed by atoms with van der Waals surface area (Å²) in [5.41, 5.74) is 1.06. The van der Waals surface area contributed by atoms with Gasteiger partial charge in [-0.15, -0.1) is 11.6 Å². The lowest BCUT2D eigenvalue weighted by atomic mass is 10.2. The molecule has 1 heterocycles. The van der Waals surface area contributed by atoms with Crippen molar-refractivity contribution >= 4 is 28.8 Å². The maximum absolute atomic E-state index is 11.9. The first-order chi connectivity index (χ1) is 7.77. The molecular weight excluding hydrogens is 246 g/mol. The molecule has 0 fully saturated rings. The van der Waals surface area contributed by atoms with Gasteiger partial charge in [-0.3, -0.25) is 4.79 Å². The first kappa shape index (κ1) is 13.5. The Labute approximate surface area is 105 Å². The average Bonchev–Trinajstić information content (AvgIpc) is 2.76. The standard InChI is InChI=1S/C11H16ClNO2S/c1-15-6-5-13(4-3-12)11(14)8-10-2-7-16-9-10/h2,7,9H,3-6,8H2,1H3. The second-order valence-electron chi connectivity index (χ2n) is 3.37. The fraction of sp³-hybridized carbons (Fsp3) is 0.545. The summed E-state index contributed by atoms with van der Waals surface area (Å²) in [7, 11) is 1.63. The molecular formula is C11H16ClNO2S. The molecule has 0 saturated carbocycles. The number of hydrogen-bond acceptors (Lipinski definition) is 3. The minimum Gasteiger partial charge on any atom is -0.383 e. The minimum absolute atomic E-state index is 0.108. The molecule has 3 nitrogen and oxygen atoms in total. The number of methoxy groups -OCH3 is 1. The van der Waals surface area contributed by atoms with E-state index in [9.17, 15) is 4.79 Å². The van der Waals surface area contributed by atoms with Crippen LogP contribution in [0, 0.1) is 0 Å². The van der Waals surface area contributed by atoms with Crippen LogP contribution < -0.4 is 0 Å². The number of thiophene rings is 1. The second kappa shape index (κ2) is 7.65. The zero-order chi connectivity index (χ0) is 11.8. The first-order valence-corrected chi connectivity index (χ1v) is 6.59. The molecule has 16 heavy (non-hydrogen) atoms. The third-order valence-electron chi connectivity index (χ3n) is 2.21. The Morgan fingerprint density at radius 1 is 1.56 bits per heavy atom. The van der Waals surface area contributed by atoms with Crippen LogP contribution >= 0.6 is 22.9 Å². The summed E-state index contributed by atoms with van der Waals surface area (Å²) in [6, 6.07) is 1.97. The highest BCUT2D eigenvalue weighted by Gasteiger charge is 2.13. The Balaban J connectivity index is 2.46. The van der Waals surface area contributed by atoms with Crippen LogP contribution in [0.1, 0.15) is 5.56 Å². The van der Waals surface area contributed by atoms with Crippen LogP contribution in [0.25, 0.3) is 0 Å². The number of carbonyl (C=O) groups is 1. The van der Waals surface area contributed by atoms with Crippen molar-refractivity contribution in [3.05, 3.63) is 22.4 Å². The van der Waals surface area contributed by atoms with Gasteiger partial charge in [-0.1, -0.05) is 0 Å². The molecule has 0 aliphatic heterocycles. The van der Waals surface area contributed by atoms with Crippen LogP contribution in [-0.2, 0) is 16.0 Å². The van der Waals surface area contributed by atoms with E-state index in [1.165, 1.54) is 0 Å². The van der Waals surface area contributed by atoms with E-state index in [2.05, 4.69) is 0 Å². The molecule has 5 heteroatoms. The Hall–Kier alpha value is -0.580. The van der Waals surface area contributed by atoms with E-state index in [0.717, 1.165) is 5.56 Å². The average molecular weight is 262 g/mol. The van der Waals surface area contributed by atoms with Crippen molar-refractivity contribution in [2.24, 2.45) is 0 Å². The van der Waals surface area contributed by atoms with Gasteiger partial charge in [-0.2, -0.15) is 11.3 Å². The highest BCUT2D eigenvalue weighted by Crippen LogP contribution is 2.08. The molecule has 1 amide bonds. The summed E-state index contributed by atoms with van der Waals surface area (Å²) in [6.45, 7) is 1.73. The van der Waals surface area contributed by atoms with E-state index in [-0.39, 0.29) is 5.91 Å². The van der Waals surface area contributed by atoms with Gasteiger partial charge in [0.15, 0.2) is 0 Å². The zero-order valence-electron chi connectivity index (χ0n) is 9.32. The molecule has 1 rings (SSSR count). The highest BCUT2D eigenvalue weighted by atomic mass is 35.5.